The summed E-state index contributed by atoms with van der Waals surface area (Å²) in [7, 11) is 0. The van der Waals surface area contributed by atoms with Gasteiger partial charge in [-0.25, -0.2) is 9.18 Å². The van der Waals surface area contributed by atoms with Crippen molar-refractivity contribution in [3.8, 4) is 0 Å². The van der Waals surface area contributed by atoms with Crippen LogP contribution in [0.2, 0.25) is 0 Å². The molecule has 3 N–H and O–H groups in total. The van der Waals surface area contributed by atoms with Crippen LogP contribution in [0.1, 0.15) is 95.3 Å². The van der Waals surface area contributed by atoms with Gasteiger partial charge < -0.3 is 20.3 Å². The molecule has 4 saturated carbocycles. The summed E-state index contributed by atoms with van der Waals surface area (Å²) in [6.45, 7) is 6.69. The Labute approximate surface area is 242 Å². The molecule has 0 saturated heterocycles. The third-order valence-electron chi connectivity index (χ3n) is 12.0. The number of aliphatic carboxylic acids is 1. The minimum Gasteiger partial charge on any atom is -0.480 e. The Balaban J connectivity index is 1.37. The van der Waals surface area contributed by atoms with Gasteiger partial charge in [0.25, 0.3) is 0 Å². The number of aliphatic hydroxyl groups excluding tert-OH is 1. The van der Waals surface area contributed by atoms with Crippen LogP contribution < -0.4 is 5.32 Å². The molecule has 4 fully saturated rings. The van der Waals surface area contributed by atoms with Gasteiger partial charge in [-0.05, 0) is 122 Å². The highest BCUT2D eigenvalue weighted by Gasteiger charge is 2.63. The van der Waals surface area contributed by atoms with Gasteiger partial charge in [-0.2, -0.15) is 0 Å². The zero-order valence-electron chi connectivity index (χ0n) is 24.6. The van der Waals surface area contributed by atoms with Crippen molar-refractivity contribution in [2.75, 3.05) is 6.54 Å². The highest BCUT2D eigenvalue weighted by atomic mass is 19.1. The fraction of sp³-hybridized carbons (Fsp3) is 0.727. The summed E-state index contributed by atoms with van der Waals surface area (Å²) in [6.07, 6.45) is 8.08. The third kappa shape index (κ3) is 5.78. The molecule has 0 bridgehead atoms. The van der Waals surface area contributed by atoms with Crippen molar-refractivity contribution in [2.45, 2.75) is 97.2 Å². The van der Waals surface area contributed by atoms with Crippen molar-refractivity contribution in [3.63, 3.8) is 0 Å². The lowest BCUT2D eigenvalue weighted by molar-refractivity contribution is -0.175. The summed E-state index contributed by atoms with van der Waals surface area (Å²) in [5.41, 5.74) is 0.532. The van der Waals surface area contributed by atoms with Crippen LogP contribution in [0.5, 0.6) is 0 Å². The summed E-state index contributed by atoms with van der Waals surface area (Å²) < 4.78 is 19.9. The molecule has 0 radical (unpaired) electrons. The number of fused-ring (bicyclic) bond motifs is 5. The maximum absolute atomic E-state index is 13.5. The first-order valence-corrected chi connectivity index (χ1v) is 15.6. The van der Waals surface area contributed by atoms with Crippen LogP contribution in [0.25, 0.3) is 0 Å². The molecule has 0 heterocycles. The average Bonchev–Trinajstić information content (AvgIpc) is 3.29. The van der Waals surface area contributed by atoms with Crippen LogP contribution in [0, 0.1) is 52.2 Å². The molecule has 7 nitrogen and oxygen atoms in total. The second-order valence-electron chi connectivity index (χ2n) is 14.0. The van der Waals surface area contributed by atoms with Crippen LogP contribution in [0.15, 0.2) is 24.3 Å². The van der Waals surface area contributed by atoms with E-state index in [1.165, 1.54) is 24.3 Å². The van der Waals surface area contributed by atoms with E-state index >= 15 is 0 Å². The summed E-state index contributed by atoms with van der Waals surface area (Å²) in [5.74, 6) is 0.0203. The van der Waals surface area contributed by atoms with Crippen LogP contribution in [-0.4, -0.2) is 46.8 Å². The number of nitrogens with one attached hydrogen (secondary N) is 1. The lowest BCUT2D eigenvalue weighted by Crippen LogP contribution is -2.59. The number of aliphatic hydroxyl groups is 1. The Bertz CT molecular complexity index is 1140. The van der Waals surface area contributed by atoms with Gasteiger partial charge in [-0.15, -0.1) is 0 Å². The number of esters is 1. The number of rotatable bonds is 8. The minimum absolute atomic E-state index is 0.0655. The molecule has 1 amide bonds. The number of ether oxygens (including phenoxy) is 1. The first kappa shape index (κ1) is 30.0. The van der Waals surface area contributed by atoms with Gasteiger partial charge in [-0.1, -0.05) is 20.8 Å². The molecule has 41 heavy (non-hydrogen) atoms. The molecule has 0 aromatic heterocycles. The van der Waals surface area contributed by atoms with Crippen LogP contribution in [0.4, 0.5) is 4.39 Å². The number of halogens is 1. The van der Waals surface area contributed by atoms with Crippen LogP contribution >= 0.6 is 0 Å². The molecule has 0 aliphatic heterocycles. The topological polar surface area (TPSA) is 113 Å². The highest BCUT2D eigenvalue weighted by molar-refractivity contribution is 5.89. The number of carbonyl (C=O) groups is 3. The SMILES string of the molecule is C[C@H](CCC(=O)NCC(=O)O)[C@H]1CC[C@H]2[C@@H]3[C@@H](OC(=O)c4ccc(F)cc4)C[C@@H]4C[C@H](O)CC[C@]4(C)[C@H]3CC[C@]12C. The zero-order valence-corrected chi connectivity index (χ0v) is 24.6. The predicted octanol–water partition coefficient (Wildman–Crippen LogP) is 5.60. The first-order chi connectivity index (χ1) is 19.4. The van der Waals surface area contributed by atoms with Gasteiger partial charge in [0.1, 0.15) is 18.5 Å². The Morgan fingerprint density at radius 2 is 1.71 bits per heavy atom. The van der Waals surface area contributed by atoms with E-state index < -0.39 is 11.9 Å². The molecule has 1 aromatic rings. The summed E-state index contributed by atoms with van der Waals surface area (Å²) in [4.78, 5) is 36.4. The van der Waals surface area contributed by atoms with Gasteiger partial charge in [-0.3, -0.25) is 9.59 Å². The van der Waals surface area contributed by atoms with Crippen molar-refractivity contribution in [1.29, 1.82) is 0 Å². The summed E-state index contributed by atoms with van der Waals surface area (Å²) in [5, 5.41) is 21.9. The van der Waals surface area contributed by atoms with Crippen molar-refractivity contribution in [3.05, 3.63) is 35.6 Å². The summed E-state index contributed by atoms with van der Waals surface area (Å²) >= 11 is 0. The molecule has 10 atom stereocenters. The Morgan fingerprint density at radius 1 is 1.02 bits per heavy atom. The van der Waals surface area contributed by atoms with E-state index in [0.29, 0.717) is 48.0 Å². The number of carboxylic acid groups (broad SMARTS) is 1. The van der Waals surface area contributed by atoms with Crippen LogP contribution in [-0.2, 0) is 14.3 Å². The van der Waals surface area contributed by atoms with Gasteiger partial charge >= 0.3 is 11.9 Å². The maximum Gasteiger partial charge on any atom is 0.338 e. The minimum atomic E-state index is -1.04. The smallest absolute Gasteiger partial charge is 0.338 e. The normalized spacial score (nSPS) is 38.6. The molecule has 4 aliphatic rings. The van der Waals surface area contributed by atoms with E-state index in [0.717, 1.165) is 51.4 Å². The Kier molecular flexibility index (Phi) is 8.53. The molecule has 8 heteroatoms. The molecule has 0 unspecified atom stereocenters. The summed E-state index contributed by atoms with van der Waals surface area (Å²) in [6, 6.07) is 5.55. The highest BCUT2D eigenvalue weighted by Crippen LogP contribution is 2.68. The van der Waals surface area contributed by atoms with Gasteiger partial charge in [0.2, 0.25) is 5.91 Å². The second kappa shape index (κ2) is 11.7. The van der Waals surface area contributed by atoms with Gasteiger partial charge in [0, 0.05) is 12.3 Å². The molecule has 4 aliphatic carbocycles. The Morgan fingerprint density at radius 3 is 2.41 bits per heavy atom. The van der Waals surface area contributed by atoms with E-state index in [1.807, 2.05) is 0 Å². The van der Waals surface area contributed by atoms with E-state index in [-0.39, 0.29) is 47.2 Å². The number of carboxylic acids is 1. The monoisotopic (exact) mass is 571 g/mol. The first-order valence-electron chi connectivity index (χ1n) is 15.6. The number of carbonyl (C=O) groups excluding carboxylic acids is 2. The molecule has 5 rings (SSSR count). The molecule has 0 spiro atoms. The van der Waals surface area contributed by atoms with Crippen molar-refractivity contribution in [1.82, 2.24) is 5.32 Å². The number of hydrogen-bond acceptors (Lipinski definition) is 5. The largest absolute Gasteiger partial charge is 0.480 e. The Hall–Kier alpha value is -2.48. The van der Waals surface area contributed by atoms with E-state index in [9.17, 15) is 23.9 Å². The fourth-order valence-corrected chi connectivity index (χ4v) is 9.89. The molecular weight excluding hydrogens is 525 g/mol. The van der Waals surface area contributed by atoms with E-state index in [4.69, 9.17) is 9.84 Å². The van der Waals surface area contributed by atoms with E-state index in [1.54, 1.807) is 0 Å². The van der Waals surface area contributed by atoms with Crippen molar-refractivity contribution >= 4 is 17.8 Å². The fourth-order valence-electron chi connectivity index (χ4n) is 9.89. The second-order valence-corrected chi connectivity index (χ2v) is 14.0. The molecule has 1 aromatic carbocycles. The average molecular weight is 572 g/mol. The quantitative estimate of drug-likeness (QED) is 0.350. The zero-order chi connectivity index (χ0) is 29.5. The van der Waals surface area contributed by atoms with E-state index in [2.05, 4.69) is 26.1 Å². The predicted molar refractivity (Wildman–Crippen MR) is 151 cm³/mol. The van der Waals surface area contributed by atoms with Crippen molar-refractivity contribution < 1.29 is 33.7 Å². The number of amides is 1. The van der Waals surface area contributed by atoms with Crippen molar-refractivity contribution in [2.24, 2.45) is 46.3 Å². The molecular formula is C33H46FNO6. The lowest BCUT2D eigenvalue weighted by atomic mass is 9.43. The third-order valence-corrected chi connectivity index (χ3v) is 12.0. The number of hydrogen-bond donors (Lipinski definition) is 3. The van der Waals surface area contributed by atoms with Gasteiger partial charge in [0.15, 0.2) is 0 Å². The lowest BCUT2D eigenvalue weighted by Gasteiger charge is -2.62. The molecule has 226 valence electrons. The van der Waals surface area contributed by atoms with Crippen LogP contribution in [0.3, 0.4) is 0 Å². The standard InChI is InChI=1S/C33H46FNO6/c1-19(4-11-28(37)35-18-29(38)39)24-9-10-25-30-26(13-15-33(24,25)3)32(2)14-12-23(36)16-21(32)17-27(30)41-31(40)20-5-7-22(34)8-6-20/h5-8,19,21,23-27,30,36H,4,9-18H2,1-3H3,(H,35,37)(H,38,39)/t19-,21+,23-,24-,25+,26+,27+,30+,32+,33-/m1/s1. The van der Waals surface area contributed by atoms with Gasteiger partial charge in [0.05, 0.1) is 11.7 Å². The number of benzene rings is 1. The maximum atomic E-state index is 13.5.